The summed E-state index contributed by atoms with van der Waals surface area (Å²) in [5.41, 5.74) is 5.89. The maximum absolute atomic E-state index is 13.2. The van der Waals surface area contributed by atoms with Gasteiger partial charge < -0.3 is 24.7 Å². The number of hydrogen-bond donors (Lipinski definition) is 2. The Kier molecular flexibility index (Phi) is 7.58. The van der Waals surface area contributed by atoms with Gasteiger partial charge in [-0.25, -0.2) is 4.98 Å². The zero-order valence-electron chi connectivity index (χ0n) is 20.8. The number of carbonyl (C=O) groups excluding carboxylic acids is 2. The van der Waals surface area contributed by atoms with Crippen LogP contribution in [0.15, 0.2) is 73.1 Å². The highest BCUT2D eigenvalue weighted by Gasteiger charge is 2.22. The zero-order chi connectivity index (χ0) is 25.6. The van der Waals surface area contributed by atoms with E-state index in [2.05, 4.69) is 33.8 Å². The van der Waals surface area contributed by atoms with Crippen LogP contribution in [0.25, 0.3) is 11.0 Å². The van der Waals surface area contributed by atoms with Gasteiger partial charge in [0.1, 0.15) is 12.7 Å². The van der Waals surface area contributed by atoms with Crippen molar-refractivity contribution in [2.75, 3.05) is 32.2 Å². The first-order valence-corrected chi connectivity index (χ1v) is 12.4. The zero-order valence-corrected chi connectivity index (χ0v) is 20.8. The van der Waals surface area contributed by atoms with Gasteiger partial charge in [0.05, 0.1) is 29.7 Å². The van der Waals surface area contributed by atoms with E-state index in [1.165, 1.54) is 18.2 Å². The first-order chi connectivity index (χ1) is 18.1. The maximum atomic E-state index is 13.2. The van der Waals surface area contributed by atoms with Crippen molar-refractivity contribution in [1.82, 2.24) is 14.9 Å². The molecule has 2 amide bonds. The van der Waals surface area contributed by atoms with Gasteiger partial charge >= 0.3 is 0 Å². The number of benzene rings is 3. The molecular weight excluding hydrogens is 468 g/mol. The van der Waals surface area contributed by atoms with Crippen LogP contribution in [0.4, 0.5) is 5.69 Å². The lowest BCUT2D eigenvalue weighted by atomic mass is 9.97. The Morgan fingerprint density at radius 1 is 1.11 bits per heavy atom. The second kappa shape index (κ2) is 11.4. The number of carbonyl (C=O) groups is 2. The fourth-order valence-corrected chi connectivity index (χ4v) is 4.75. The predicted octanol–water partition coefficient (Wildman–Crippen LogP) is 3.91. The van der Waals surface area contributed by atoms with Gasteiger partial charge in [-0.05, 0) is 41.7 Å². The van der Waals surface area contributed by atoms with Crippen molar-refractivity contribution >= 4 is 28.5 Å². The Labute approximate surface area is 215 Å². The molecule has 3 aromatic carbocycles. The number of aryl methyl sites for hydroxylation is 2. The van der Waals surface area contributed by atoms with Crippen LogP contribution in [-0.2, 0) is 33.7 Å². The highest BCUT2D eigenvalue weighted by atomic mass is 16.5. The molecule has 0 aliphatic carbocycles. The number of rotatable bonds is 9. The summed E-state index contributed by atoms with van der Waals surface area (Å²) in [7, 11) is 1.47. The molecule has 0 spiro atoms. The Morgan fingerprint density at radius 2 is 1.92 bits per heavy atom. The van der Waals surface area contributed by atoms with E-state index >= 15 is 0 Å². The summed E-state index contributed by atoms with van der Waals surface area (Å²) in [6.07, 6.45) is 3.22. The van der Waals surface area contributed by atoms with Crippen LogP contribution in [0.3, 0.4) is 0 Å². The molecule has 0 radical (unpaired) electrons. The summed E-state index contributed by atoms with van der Waals surface area (Å²) in [6, 6.07) is 21.8. The third-order valence-electron chi connectivity index (χ3n) is 6.55. The number of nitrogens with zero attached hydrogens (tertiary/aromatic N) is 2. The van der Waals surface area contributed by atoms with E-state index in [1.807, 2.05) is 41.0 Å². The van der Waals surface area contributed by atoms with Crippen molar-refractivity contribution in [3.05, 3.63) is 95.3 Å². The Morgan fingerprint density at radius 3 is 2.76 bits per heavy atom. The van der Waals surface area contributed by atoms with Crippen molar-refractivity contribution in [3.63, 3.8) is 0 Å². The van der Waals surface area contributed by atoms with E-state index in [-0.39, 0.29) is 24.5 Å². The van der Waals surface area contributed by atoms with Crippen molar-refractivity contribution < 1.29 is 19.1 Å². The van der Waals surface area contributed by atoms with Crippen molar-refractivity contribution in [1.29, 1.82) is 0 Å². The van der Waals surface area contributed by atoms with Crippen LogP contribution in [0.5, 0.6) is 0 Å². The molecule has 1 aliphatic heterocycles. The minimum atomic E-state index is -0.301. The van der Waals surface area contributed by atoms with E-state index in [0.29, 0.717) is 36.5 Å². The molecule has 37 heavy (non-hydrogen) atoms. The van der Waals surface area contributed by atoms with E-state index < -0.39 is 0 Å². The molecule has 0 fully saturated rings. The molecule has 1 aliphatic rings. The number of amides is 2. The average Bonchev–Trinajstić information content (AvgIpc) is 3.34. The van der Waals surface area contributed by atoms with E-state index in [9.17, 15) is 9.59 Å². The molecule has 2 heterocycles. The number of nitrogens with one attached hydrogen (secondary N) is 2. The molecule has 0 saturated heterocycles. The Bertz CT molecular complexity index is 1400. The van der Waals surface area contributed by atoms with Gasteiger partial charge in [0.2, 0.25) is 5.91 Å². The molecule has 8 nitrogen and oxygen atoms in total. The molecule has 0 unspecified atom stereocenters. The van der Waals surface area contributed by atoms with Crippen LogP contribution in [0, 0.1) is 0 Å². The summed E-state index contributed by atoms with van der Waals surface area (Å²) in [6.45, 7) is 1.57. The number of hydrogen-bond acceptors (Lipinski definition) is 5. The minimum absolute atomic E-state index is 0.0888. The first kappa shape index (κ1) is 24.7. The van der Waals surface area contributed by atoms with E-state index in [0.717, 1.165) is 23.9 Å². The largest absolute Gasteiger partial charge is 0.375 e. The van der Waals surface area contributed by atoms with Gasteiger partial charge in [-0.2, -0.15) is 0 Å². The predicted molar refractivity (Wildman–Crippen MR) is 142 cm³/mol. The second-order valence-electron chi connectivity index (χ2n) is 9.06. The number of aromatic nitrogens is 2. The number of imidazole rings is 1. The van der Waals surface area contributed by atoms with Gasteiger partial charge in [-0.3, -0.25) is 9.59 Å². The summed E-state index contributed by atoms with van der Waals surface area (Å²) >= 11 is 0. The maximum Gasteiger partial charge on any atom is 0.251 e. The molecule has 0 saturated carbocycles. The Hall–Kier alpha value is -4.01. The van der Waals surface area contributed by atoms with Gasteiger partial charge in [-0.1, -0.05) is 54.6 Å². The Balaban J connectivity index is 1.38. The van der Waals surface area contributed by atoms with Crippen LogP contribution >= 0.6 is 0 Å². The average molecular weight is 499 g/mol. The third-order valence-corrected chi connectivity index (χ3v) is 6.55. The highest BCUT2D eigenvalue weighted by molar-refractivity contribution is 6.05. The number of fused-ring (bicyclic) bond motifs is 2. The topological polar surface area (TPSA) is 94.5 Å². The smallest absolute Gasteiger partial charge is 0.251 e. The van der Waals surface area contributed by atoms with E-state index in [4.69, 9.17) is 9.47 Å². The molecule has 2 N–H and O–H groups in total. The van der Waals surface area contributed by atoms with Gasteiger partial charge in [0.15, 0.2) is 0 Å². The quantitative estimate of drug-likeness (QED) is 0.365. The molecule has 5 rings (SSSR count). The van der Waals surface area contributed by atoms with Crippen molar-refractivity contribution in [2.45, 2.75) is 25.5 Å². The van der Waals surface area contributed by atoms with Crippen LogP contribution in [-0.4, -0.2) is 48.2 Å². The lowest BCUT2D eigenvalue weighted by Crippen LogP contribution is -2.32. The summed E-state index contributed by atoms with van der Waals surface area (Å²) in [5, 5.41) is 5.89. The normalized spacial score (nSPS) is 14.8. The van der Waals surface area contributed by atoms with Gasteiger partial charge in [0, 0.05) is 25.8 Å². The second-order valence-corrected chi connectivity index (χ2v) is 9.06. The van der Waals surface area contributed by atoms with Crippen LogP contribution in [0.1, 0.15) is 33.2 Å². The fraction of sp³-hybridized carbons (Fsp3) is 0.276. The molecular formula is C29H30N4O4. The lowest BCUT2D eigenvalue weighted by molar-refractivity contribution is -0.119. The van der Waals surface area contributed by atoms with Crippen molar-refractivity contribution in [3.8, 4) is 0 Å². The lowest BCUT2D eigenvalue weighted by Gasteiger charge is -2.26. The van der Waals surface area contributed by atoms with E-state index in [1.54, 1.807) is 18.5 Å². The van der Waals surface area contributed by atoms with Gasteiger partial charge in [0.25, 0.3) is 5.91 Å². The SMILES string of the molecule is COCC(=O)Nc1cc(C(=O)NC[C@H]2OCCc3ccccc32)cc2ncn(CCc3ccccc3)c12. The molecule has 1 aromatic heterocycles. The monoisotopic (exact) mass is 498 g/mol. The van der Waals surface area contributed by atoms with Gasteiger partial charge in [-0.15, -0.1) is 0 Å². The molecule has 8 heteroatoms. The highest BCUT2D eigenvalue weighted by Crippen LogP contribution is 2.28. The molecule has 0 bridgehead atoms. The number of methoxy groups -OCH3 is 1. The summed E-state index contributed by atoms with van der Waals surface area (Å²) in [4.78, 5) is 30.1. The van der Waals surface area contributed by atoms with Crippen molar-refractivity contribution in [2.24, 2.45) is 0 Å². The molecule has 190 valence electrons. The van der Waals surface area contributed by atoms with Crippen LogP contribution in [0.2, 0.25) is 0 Å². The van der Waals surface area contributed by atoms with Crippen LogP contribution < -0.4 is 10.6 Å². The summed E-state index contributed by atoms with van der Waals surface area (Å²) < 4.78 is 12.9. The molecule has 1 atom stereocenters. The third kappa shape index (κ3) is 5.71. The standard InChI is InChI=1S/C29H30N4O4/c1-36-18-27(34)32-25-16-22(29(35)30-17-26-23-10-6-5-9-21(23)12-14-37-26)15-24-28(25)33(19-31-24)13-11-20-7-3-2-4-8-20/h2-10,15-16,19,26H,11-14,17-18H2,1H3,(H,30,35)(H,32,34)/t26-/m1/s1. The minimum Gasteiger partial charge on any atom is -0.375 e. The first-order valence-electron chi connectivity index (χ1n) is 12.4. The summed E-state index contributed by atoms with van der Waals surface area (Å²) in [5.74, 6) is -0.556. The fourth-order valence-electron chi connectivity index (χ4n) is 4.75. The molecule has 4 aromatic rings. The number of ether oxygens (including phenoxy) is 2. The number of anilines is 1.